The summed E-state index contributed by atoms with van der Waals surface area (Å²) in [5.41, 5.74) is 0. The number of carbonyl (C=O) groups excluding carboxylic acids is 3. The van der Waals surface area contributed by atoms with Gasteiger partial charge in [-0.25, -0.2) is 0 Å². The second-order valence-electron chi connectivity index (χ2n) is 18.8. The molecule has 0 unspecified atom stereocenters. The zero-order valence-electron chi connectivity index (χ0n) is 45.0. The maximum atomic E-state index is 12.9. The van der Waals surface area contributed by atoms with Gasteiger partial charge in [-0.2, -0.15) is 0 Å². The Morgan fingerprint density at radius 2 is 0.565 bits per heavy atom. The molecule has 0 amide bonds. The van der Waals surface area contributed by atoms with E-state index in [4.69, 9.17) is 14.2 Å². The van der Waals surface area contributed by atoms with E-state index < -0.39 is 6.10 Å². The van der Waals surface area contributed by atoms with Crippen LogP contribution in [-0.2, 0) is 28.6 Å². The molecule has 0 atom stereocenters. The van der Waals surface area contributed by atoms with Gasteiger partial charge >= 0.3 is 17.9 Å². The first-order valence-corrected chi connectivity index (χ1v) is 28.7. The molecule has 0 rings (SSSR count). The molecule has 0 aliphatic carbocycles. The highest BCUT2D eigenvalue weighted by Crippen LogP contribution is 2.16. The Morgan fingerprint density at radius 3 is 0.884 bits per heavy atom. The third kappa shape index (κ3) is 55.1. The largest absolute Gasteiger partial charge is 0.462 e. The summed E-state index contributed by atoms with van der Waals surface area (Å²) in [6, 6.07) is 0. The van der Waals surface area contributed by atoms with Gasteiger partial charge < -0.3 is 14.2 Å². The predicted molar refractivity (Wildman–Crippen MR) is 297 cm³/mol. The highest BCUT2D eigenvalue weighted by Gasteiger charge is 2.19. The Kier molecular flexibility index (Phi) is 53.9. The van der Waals surface area contributed by atoms with Crippen molar-refractivity contribution in [3.05, 3.63) is 97.2 Å². The molecule has 0 aliphatic rings. The minimum atomic E-state index is -0.798. The highest BCUT2D eigenvalue weighted by atomic mass is 16.6. The van der Waals surface area contributed by atoms with Crippen LogP contribution in [0.25, 0.3) is 0 Å². The van der Waals surface area contributed by atoms with Crippen molar-refractivity contribution in [3.8, 4) is 0 Å². The Bertz CT molecular complexity index is 1300. The first-order valence-electron chi connectivity index (χ1n) is 28.7. The van der Waals surface area contributed by atoms with Gasteiger partial charge in [0.15, 0.2) is 6.10 Å². The second-order valence-corrected chi connectivity index (χ2v) is 18.8. The summed E-state index contributed by atoms with van der Waals surface area (Å²) >= 11 is 0. The van der Waals surface area contributed by atoms with E-state index in [1.165, 1.54) is 89.9 Å². The fraction of sp³-hybridized carbons (Fsp3) is 0.698. The number of hydrogen-bond donors (Lipinski definition) is 0. The summed E-state index contributed by atoms with van der Waals surface area (Å²) in [5, 5.41) is 0. The molecule has 0 bridgehead atoms. The highest BCUT2D eigenvalue weighted by molar-refractivity contribution is 5.71. The molecule has 0 aliphatic heterocycles. The molecule has 0 saturated carbocycles. The number of ether oxygens (including phenoxy) is 3. The molecule has 0 aromatic rings. The first-order chi connectivity index (χ1) is 34.0. The summed E-state index contributed by atoms with van der Waals surface area (Å²) in [6.45, 7) is 6.39. The van der Waals surface area contributed by atoms with Crippen molar-refractivity contribution in [3.63, 3.8) is 0 Å². The lowest BCUT2D eigenvalue weighted by Gasteiger charge is -2.18. The van der Waals surface area contributed by atoms with Crippen LogP contribution >= 0.6 is 0 Å². The van der Waals surface area contributed by atoms with E-state index in [-0.39, 0.29) is 31.1 Å². The minimum absolute atomic E-state index is 0.0972. The van der Waals surface area contributed by atoms with Crippen LogP contribution in [-0.4, -0.2) is 37.2 Å². The average molecular weight is 960 g/mol. The van der Waals surface area contributed by atoms with Crippen LogP contribution in [0.15, 0.2) is 97.2 Å². The number of carbonyl (C=O) groups is 3. The number of esters is 3. The van der Waals surface area contributed by atoms with Crippen molar-refractivity contribution < 1.29 is 28.6 Å². The Balaban J connectivity index is 4.46. The fourth-order valence-electron chi connectivity index (χ4n) is 7.84. The molecule has 6 heteroatoms. The van der Waals surface area contributed by atoms with Crippen molar-refractivity contribution in [1.29, 1.82) is 0 Å². The van der Waals surface area contributed by atoms with E-state index in [2.05, 4.69) is 118 Å². The first kappa shape index (κ1) is 65.3. The lowest BCUT2D eigenvalue weighted by Crippen LogP contribution is -2.30. The van der Waals surface area contributed by atoms with Crippen molar-refractivity contribution in [2.75, 3.05) is 13.2 Å². The number of allylic oxidation sites excluding steroid dienone is 16. The Hall–Kier alpha value is -3.67. The topological polar surface area (TPSA) is 78.9 Å². The Labute approximate surface area is 426 Å². The van der Waals surface area contributed by atoms with E-state index in [0.29, 0.717) is 19.3 Å². The molecule has 0 radical (unpaired) electrons. The van der Waals surface area contributed by atoms with E-state index in [1.54, 1.807) is 0 Å². The molecule has 0 aromatic heterocycles. The van der Waals surface area contributed by atoms with Crippen LogP contribution in [0.4, 0.5) is 0 Å². The van der Waals surface area contributed by atoms with Crippen LogP contribution in [0.2, 0.25) is 0 Å². The Morgan fingerprint density at radius 1 is 0.304 bits per heavy atom. The molecule has 0 aromatic carbocycles. The quantitative estimate of drug-likeness (QED) is 0.0262. The van der Waals surface area contributed by atoms with Gasteiger partial charge in [0.1, 0.15) is 13.2 Å². The molecule has 394 valence electrons. The van der Waals surface area contributed by atoms with Crippen molar-refractivity contribution in [1.82, 2.24) is 0 Å². The fourth-order valence-corrected chi connectivity index (χ4v) is 7.84. The second kappa shape index (κ2) is 56.9. The van der Waals surface area contributed by atoms with Crippen molar-refractivity contribution in [2.45, 2.75) is 271 Å². The van der Waals surface area contributed by atoms with Crippen LogP contribution in [0.3, 0.4) is 0 Å². The van der Waals surface area contributed by atoms with Crippen LogP contribution in [0, 0.1) is 0 Å². The molecule has 0 heterocycles. The van der Waals surface area contributed by atoms with Gasteiger partial charge in [-0.15, -0.1) is 0 Å². The molecule has 0 N–H and O–H groups in total. The van der Waals surface area contributed by atoms with E-state index in [9.17, 15) is 14.4 Å². The zero-order chi connectivity index (χ0) is 50.0. The average Bonchev–Trinajstić information content (AvgIpc) is 3.35. The van der Waals surface area contributed by atoms with Gasteiger partial charge in [0.2, 0.25) is 0 Å². The monoisotopic (exact) mass is 959 g/mol. The maximum absolute atomic E-state index is 12.9. The van der Waals surface area contributed by atoms with Crippen LogP contribution in [0.5, 0.6) is 0 Å². The van der Waals surface area contributed by atoms with E-state index in [0.717, 1.165) is 135 Å². The summed E-state index contributed by atoms with van der Waals surface area (Å²) in [4.78, 5) is 38.2. The third-order valence-electron chi connectivity index (χ3n) is 12.1. The number of unbranched alkanes of at least 4 members (excludes halogenated alkanes) is 24. The van der Waals surface area contributed by atoms with Gasteiger partial charge in [0.05, 0.1) is 0 Å². The normalized spacial score (nSPS) is 12.4. The maximum Gasteiger partial charge on any atom is 0.306 e. The lowest BCUT2D eigenvalue weighted by atomic mass is 10.0. The zero-order valence-corrected chi connectivity index (χ0v) is 45.0. The number of hydrogen-bond acceptors (Lipinski definition) is 6. The minimum Gasteiger partial charge on any atom is -0.462 e. The summed E-state index contributed by atoms with van der Waals surface area (Å²) in [5.74, 6) is -0.936. The predicted octanol–water partition coefficient (Wildman–Crippen LogP) is 19.3. The van der Waals surface area contributed by atoms with Gasteiger partial charge in [-0.3, -0.25) is 14.4 Å². The molecule has 0 saturated heterocycles. The van der Waals surface area contributed by atoms with Gasteiger partial charge in [0, 0.05) is 19.3 Å². The van der Waals surface area contributed by atoms with E-state index in [1.807, 2.05) is 0 Å². The SMILES string of the molecule is CC/C=C\C/C=C\C/C=C\C/C=C\CCCCCCC(=O)OCC(COC(=O)CCCCCC/C=C\C/C=C\C/C=C\C/C=C\CC)OC(=O)CCCCCCCCCCCCCCCCCCC. The summed E-state index contributed by atoms with van der Waals surface area (Å²) in [7, 11) is 0. The van der Waals surface area contributed by atoms with E-state index >= 15 is 0 Å². The molecule has 0 fully saturated rings. The van der Waals surface area contributed by atoms with Crippen LogP contribution < -0.4 is 0 Å². The standard InChI is InChI=1S/C63H106O6/c1-4-7-10-13-16-19-22-25-28-31-34-37-40-43-46-49-52-55-61(64)67-58-60(69-63(66)57-54-51-48-45-42-39-36-33-30-27-24-21-18-15-12-9-6-3)59-68-62(65)56-53-50-47-44-41-38-35-32-29-26-23-20-17-14-11-8-5-2/h7-8,10-11,16-17,19-20,25-26,28-29,34-35,37-38,60H,4-6,9,12-15,18,21-24,27,30-33,36,39-59H2,1-3H3/b10-7-,11-8-,19-16-,20-17-,28-25-,29-26-,37-34-,38-35-. The van der Waals surface area contributed by atoms with Crippen molar-refractivity contribution >= 4 is 17.9 Å². The molecule has 0 spiro atoms. The molecule has 6 nitrogen and oxygen atoms in total. The van der Waals surface area contributed by atoms with Crippen LogP contribution in [0.1, 0.15) is 265 Å². The van der Waals surface area contributed by atoms with Gasteiger partial charge in [0.25, 0.3) is 0 Å². The summed E-state index contributed by atoms with van der Waals surface area (Å²) in [6.07, 6.45) is 75.4. The third-order valence-corrected chi connectivity index (χ3v) is 12.1. The lowest BCUT2D eigenvalue weighted by molar-refractivity contribution is -0.167. The smallest absolute Gasteiger partial charge is 0.306 e. The molecular weight excluding hydrogens is 853 g/mol. The number of rotatable bonds is 51. The van der Waals surface area contributed by atoms with Crippen molar-refractivity contribution in [2.24, 2.45) is 0 Å². The van der Waals surface area contributed by atoms with Gasteiger partial charge in [-0.1, -0.05) is 246 Å². The summed E-state index contributed by atoms with van der Waals surface area (Å²) < 4.78 is 16.8. The van der Waals surface area contributed by atoms with Gasteiger partial charge in [-0.05, 0) is 96.3 Å². The molecular formula is C63H106O6. The molecule has 69 heavy (non-hydrogen) atoms.